The number of fused-ring (bicyclic) bond motifs is 13. The predicted molar refractivity (Wildman–Crippen MR) is 313 cm³/mol. The zero-order chi connectivity index (χ0) is 51.4. The van der Waals surface area contributed by atoms with Crippen LogP contribution in [0, 0.1) is 6.92 Å². The Bertz CT molecular complexity index is 4290. The third kappa shape index (κ3) is 6.55. The Morgan fingerprint density at radius 2 is 0.818 bits per heavy atom. The lowest BCUT2D eigenvalue weighted by atomic mass is 9.64. The largest absolute Gasteiger partial charge is 0.310 e. The van der Waals surface area contributed by atoms with Gasteiger partial charge in [0.05, 0.1) is 27.8 Å². The van der Waals surface area contributed by atoms with Crippen LogP contribution in [-0.2, 0) is 10.8 Å². The van der Waals surface area contributed by atoms with Crippen molar-refractivity contribution in [1.82, 2.24) is 24.5 Å². The average Bonchev–Trinajstić information content (AvgIpc) is 4.34. The van der Waals surface area contributed by atoms with Crippen molar-refractivity contribution >= 4 is 28.1 Å². The molecule has 0 unspecified atom stereocenters. The van der Waals surface area contributed by atoms with Crippen LogP contribution in [0.4, 0.5) is 17.1 Å². The fourth-order valence-corrected chi connectivity index (χ4v) is 13.6. The molecule has 1 spiro atoms. The molecule has 6 nitrogen and oxygen atoms in total. The molecule has 10 aromatic carbocycles. The van der Waals surface area contributed by atoms with Gasteiger partial charge < -0.3 is 4.90 Å². The Hall–Kier alpha value is -9.52. The number of imidazole rings is 1. The van der Waals surface area contributed by atoms with Crippen LogP contribution < -0.4 is 4.90 Å². The third-order valence-corrected chi connectivity index (χ3v) is 17.1. The molecule has 0 saturated carbocycles. The third-order valence-electron chi connectivity index (χ3n) is 17.1. The van der Waals surface area contributed by atoms with Gasteiger partial charge in [-0.1, -0.05) is 184 Å². The molecule has 0 bridgehead atoms. The number of aromatic nitrogens is 5. The molecule has 6 heteroatoms. The second kappa shape index (κ2) is 17.3. The minimum atomic E-state index is -0.735. The maximum Gasteiger partial charge on any atom is 0.164 e. The van der Waals surface area contributed by atoms with Gasteiger partial charge in [-0.3, -0.25) is 4.57 Å². The Balaban J connectivity index is 0.955. The first kappa shape index (κ1) is 44.9. The quantitative estimate of drug-likeness (QED) is 0.152. The summed E-state index contributed by atoms with van der Waals surface area (Å²) in [6.45, 7) is 6.73. The van der Waals surface area contributed by atoms with Gasteiger partial charge in [-0.15, -0.1) is 0 Å². The Kier molecular flexibility index (Phi) is 10.1. The highest BCUT2D eigenvalue weighted by Crippen LogP contribution is 2.64. The lowest BCUT2D eigenvalue weighted by Crippen LogP contribution is -2.36. The SMILES string of the molecule is CCC1(CC)c2ccccc2-c2ccc(-c3nc(-c4ccccc4)nc(-c4ccc5c(c4)C4(c6cc(-c7cccc(-n8c(C)nc9ccccc98)c7)ccc6-5)c5ccccc5N(c5ccccc5)c5ccccc54)n3)cc21. The summed E-state index contributed by atoms with van der Waals surface area (Å²) in [6, 6.07) is 86.3. The highest BCUT2D eigenvalue weighted by molar-refractivity contribution is 5.97. The summed E-state index contributed by atoms with van der Waals surface area (Å²) in [5, 5.41) is 0. The maximum absolute atomic E-state index is 5.49. The van der Waals surface area contributed by atoms with Gasteiger partial charge in [-0.05, 0) is 153 Å². The Morgan fingerprint density at radius 3 is 1.48 bits per heavy atom. The van der Waals surface area contributed by atoms with Gasteiger partial charge in [-0.2, -0.15) is 0 Å². The maximum atomic E-state index is 5.49. The number of hydrogen-bond acceptors (Lipinski definition) is 5. The van der Waals surface area contributed by atoms with E-state index in [1.165, 1.54) is 55.6 Å². The lowest BCUT2D eigenvalue weighted by Gasteiger charge is -2.45. The molecule has 15 rings (SSSR count). The summed E-state index contributed by atoms with van der Waals surface area (Å²) < 4.78 is 2.26. The number of benzene rings is 10. The van der Waals surface area contributed by atoms with Gasteiger partial charge in [0.15, 0.2) is 17.5 Å². The van der Waals surface area contributed by atoms with E-state index < -0.39 is 5.41 Å². The second-order valence-electron chi connectivity index (χ2n) is 20.8. The van der Waals surface area contributed by atoms with Crippen LogP contribution in [-0.4, -0.2) is 24.5 Å². The summed E-state index contributed by atoms with van der Waals surface area (Å²) in [7, 11) is 0. The average molecular weight is 989 g/mol. The molecule has 77 heavy (non-hydrogen) atoms. The Labute approximate surface area is 448 Å². The van der Waals surface area contributed by atoms with E-state index in [0.29, 0.717) is 17.5 Å². The molecule has 0 radical (unpaired) electrons. The molecule has 0 saturated heterocycles. The van der Waals surface area contributed by atoms with Gasteiger partial charge in [-0.25, -0.2) is 19.9 Å². The van der Waals surface area contributed by atoms with Crippen molar-refractivity contribution < 1.29 is 0 Å². The molecule has 0 fully saturated rings. The van der Waals surface area contributed by atoms with Crippen LogP contribution in [0.3, 0.4) is 0 Å². The van der Waals surface area contributed by atoms with Crippen LogP contribution in [0.25, 0.3) is 84.3 Å². The molecule has 3 heterocycles. The normalized spacial score (nSPS) is 13.9. The molecule has 12 aromatic rings. The molecule has 0 amide bonds. The van der Waals surface area contributed by atoms with Crippen LogP contribution in [0.1, 0.15) is 65.9 Å². The zero-order valence-electron chi connectivity index (χ0n) is 43.1. The van der Waals surface area contributed by atoms with Crippen LogP contribution in [0.2, 0.25) is 0 Å². The van der Waals surface area contributed by atoms with E-state index in [-0.39, 0.29) is 5.41 Å². The van der Waals surface area contributed by atoms with Gasteiger partial charge in [0, 0.05) is 33.5 Å². The van der Waals surface area contributed by atoms with Gasteiger partial charge in [0.25, 0.3) is 0 Å². The van der Waals surface area contributed by atoms with Crippen molar-refractivity contribution in [1.29, 1.82) is 0 Å². The van der Waals surface area contributed by atoms with Gasteiger partial charge >= 0.3 is 0 Å². The predicted octanol–water partition coefficient (Wildman–Crippen LogP) is 17.4. The van der Waals surface area contributed by atoms with Crippen molar-refractivity contribution in [3.63, 3.8) is 0 Å². The molecule has 2 aliphatic carbocycles. The van der Waals surface area contributed by atoms with Crippen LogP contribution in [0.15, 0.2) is 237 Å². The summed E-state index contributed by atoms with van der Waals surface area (Å²) >= 11 is 0. The number of hydrogen-bond donors (Lipinski definition) is 0. The van der Waals surface area contributed by atoms with E-state index in [2.05, 4.69) is 261 Å². The van der Waals surface area contributed by atoms with E-state index in [9.17, 15) is 0 Å². The van der Waals surface area contributed by atoms with Crippen molar-refractivity contribution in [2.45, 2.75) is 44.4 Å². The van der Waals surface area contributed by atoms with Crippen molar-refractivity contribution in [2.75, 3.05) is 4.90 Å². The smallest absolute Gasteiger partial charge is 0.164 e. The summed E-state index contributed by atoms with van der Waals surface area (Å²) in [4.78, 5) is 23.6. The van der Waals surface area contributed by atoms with Crippen molar-refractivity contribution in [3.8, 4) is 73.2 Å². The number of para-hydroxylation sites is 5. The minimum Gasteiger partial charge on any atom is -0.310 e. The first-order valence-electron chi connectivity index (χ1n) is 26.9. The first-order chi connectivity index (χ1) is 38.0. The standard InChI is InChI=1S/C71H52N6/c1-4-70(5-2)57-28-13-12-27-53(57)54-39-36-49(43-60(54)70)68-73-67(46-21-8-6-9-22-46)74-69(75-68)50-37-40-56-55-38-35-48(47-23-20-26-52(41-47)76-45(3)72-63-31-16-19-34-66(63)76)42-61(55)71(62(56)44-50)58-29-14-17-32-64(58)77(51-24-10-7-11-25-51)65-33-18-15-30-59(65)71/h6-44H,4-5H2,1-3H3. The molecule has 1 aliphatic heterocycles. The molecule has 0 atom stereocenters. The fourth-order valence-electron chi connectivity index (χ4n) is 13.6. The number of aryl methyl sites for hydroxylation is 1. The fraction of sp³-hybridized carbons (Fsp3) is 0.0986. The van der Waals surface area contributed by atoms with E-state index >= 15 is 0 Å². The minimum absolute atomic E-state index is 0.0946. The van der Waals surface area contributed by atoms with Crippen molar-refractivity contribution in [3.05, 3.63) is 276 Å². The molecule has 3 aliphatic rings. The molecule has 2 aromatic heterocycles. The van der Waals surface area contributed by atoms with Crippen molar-refractivity contribution in [2.24, 2.45) is 0 Å². The summed E-state index contributed by atoms with van der Waals surface area (Å²) in [6.07, 6.45) is 2.00. The lowest BCUT2D eigenvalue weighted by molar-refractivity contribution is 0.490. The number of rotatable bonds is 8. The highest BCUT2D eigenvalue weighted by Gasteiger charge is 2.52. The van der Waals surface area contributed by atoms with E-state index in [0.717, 1.165) is 80.3 Å². The number of nitrogens with zero attached hydrogens (tertiary/aromatic N) is 6. The summed E-state index contributed by atoms with van der Waals surface area (Å²) in [5.41, 5.74) is 23.5. The van der Waals surface area contributed by atoms with Gasteiger partial charge in [0.2, 0.25) is 0 Å². The number of anilines is 3. The Morgan fingerprint density at radius 1 is 0.351 bits per heavy atom. The topological polar surface area (TPSA) is 59.7 Å². The van der Waals surface area contributed by atoms with Crippen LogP contribution >= 0.6 is 0 Å². The van der Waals surface area contributed by atoms with Gasteiger partial charge in [0.1, 0.15) is 5.82 Å². The highest BCUT2D eigenvalue weighted by atomic mass is 15.2. The molecular formula is C71H52N6. The van der Waals surface area contributed by atoms with Crippen LogP contribution in [0.5, 0.6) is 0 Å². The molecular weight excluding hydrogens is 937 g/mol. The second-order valence-corrected chi connectivity index (χ2v) is 20.8. The monoisotopic (exact) mass is 988 g/mol. The van der Waals surface area contributed by atoms with E-state index in [1.54, 1.807) is 0 Å². The zero-order valence-corrected chi connectivity index (χ0v) is 43.1. The first-order valence-corrected chi connectivity index (χ1v) is 26.9. The summed E-state index contributed by atoms with van der Waals surface area (Å²) in [5.74, 6) is 2.88. The van der Waals surface area contributed by atoms with E-state index in [1.807, 2.05) is 6.07 Å². The van der Waals surface area contributed by atoms with E-state index in [4.69, 9.17) is 19.9 Å². The molecule has 366 valence electrons. The molecule has 0 N–H and O–H groups in total.